The van der Waals surface area contributed by atoms with Crippen LogP contribution in [0.4, 0.5) is 4.39 Å². The predicted octanol–water partition coefficient (Wildman–Crippen LogP) is 4.10. The van der Waals surface area contributed by atoms with E-state index in [2.05, 4.69) is 15.9 Å². The minimum absolute atomic E-state index is 0.119. The van der Waals surface area contributed by atoms with Gasteiger partial charge in [-0.25, -0.2) is 9.18 Å². The third kappa shape index (κ3) is 3.20. The zero-order valence-corrected chi connectivity index (χ0v) is 15.8. The van der Waals surface area contributed by atoms with Crippen LogP contribution in [0.15, 0.2) is 45.7 Å². The van der Waals surface area contributed by atoms with E-state index >= 15 is 0 Å². The number of esters is 1. The van der Waals surface area contributed by atoms with Crippen molar-refractivity contribution in [1.29, 1.82) is 0 Å². The normalized spacial score (nSPS) is 10.9. The van der Waals surface area contributed by atoms with Crippen molar-refractivity contribution < 1.29 is 19.0 Å². The molecule has 0 unspecified atom stereocenters. The molecule has 3 aromatic rings. The van der Waals surface area contributed by atoms with Crippen LogP contribution < -0.4 is 5.56 Å². The van der Waals surface area contributed by atoms with Crippen LogP contribution in [-0.2, 0) is 11.3 Å². The molecule has 0 atom stereocenters. The van der Waals surface area contributed by atoms with Crippen molar-refractivity contribution in [2.24, 2.45) is 0 Å². The standard InChI is InChI=1S/C18H12BrClFNO4/c1-26-18(25)15-12-5-4-11(20)7-13(12)16(23)22(17(15)24)8-9-2-3-10(19)6-14(9)21/h2-7,24H,8H2,1H3. The fourth-order valence-electron chi connectivity index (χ4n) is 2.68. The Hall–Kier alpha value is -2.38. The van der Waals surface area contributed by atoms with E-state index in [1.54, 1.807) is 6.07 Å². The number of hydrogen-bond acceptors (Lipinski definition) is 4. The van der Waals surface area contributed by atoms with Crippen LogP contribution in [0.1, 0.15) is 15.9 Å². The lowest BCUT2D eigenvalue weighted by atomic mass is 10.1. The molecule has 2 aromatic carbocycles. The minimum atomic E-state index is -0.820. The summed E-state index contributed by atoms with van der Waals surface area (Å²) >= 11 is 9.12. The third-order valence-electron chi connectivity index (χ3n) is 3.94. The molecule has 0 aliphatic heterocycles. The number of pyridine rings is 1. The Kier molecular flexibility index (Phi) is 5.02. The predicted molar refractivity (Wildman–Crippen MR) is 99.4 cm³/mol. The zero-order chi connectivity index (χ0) is 19.0. The second-order valence-corrected chi connectivity index (χ2v) is 6.86. The molecule has 0 fully saturated rings. The Bertz CT molecular complexity index is 1100. The number of benzene rings is 2. The number of ether oxygens (including phenoxy) is 1. The molecule has 0 radical (unpaired) electrons. The summed E-state index contributed by atoms with van der Waals surface area (Å²) in [6.07, 6.45) is 0. The molecule has 3 rings (SSSR count). The summed E-state index contributed by atoms with van der Waals surface area (Å²) in [7, 11) is 1.16. The number of methoxy groups -OCH3 is 1. The molecule has 0 bridgehead atoms. The smallest absolute Gasteiger partial charge is 0.343 e. The maximum absolute atomic E-state index is 14.2. The largest absolute Gasteiger partial charge is 0.494 e. The lowest BCUT2D eigenvalue weighted by molar-refractivity contribution is 0.0598. The average molecular weight is 441 g/mol. The summed E-state index contributed by atoms with van der Waals surface area (Å²) in [6, 6.07) is 8.67. The molecule has 1 aromatic heterocycles. The molecule has 26 heavy (non-hydrogen) atoms. The first kappa shape index (κ1) is 18.4. The van der Waals surface area contributed by atoms with E-state index in [4.69, 9.17) is 16.3 Å². The number of rotatable bonds is 3. The Morgan fingerprint density at radius 1 is 1.27 bits per heavy atom. The van der Waals surface area contributed by atoms with Crippen LogP contribution in [0.5, 0.6) is 5.88 Å². The van der Waals surface area contributed by atoms with E-state index < -0.39 is 23.2 Å². The summed E-state index contributed by atoms with van der Waals surface area (Å²) in [5, 5.41) is 11.2. The van der Waals surface area contributed by atoms with Gasteiger partial charge < -0.3 is 9.84 Å². The van der Waals surface area contributed by atoms with Gasteiger partial charge >= 0.3 is 5.97 Å². The molecule has 1 heterocycles. The topological polar surface area (TPSA) is 68.5 Å². The van der Waals surface area contributed by atoms with Gasteiger partial charge in [-0.2, -0.15) is 0 Å². The monoisotopic (exact) mass is 439 g/mol. The minimum Gasteiger partial charge on any atom is -0.494 e. The summed E-state index contributed by atoms with van der Waals surface area (Å²) in [5.41, 5.74) is -0.617. The van der Waals surface area contributed by atoms with E-state index in [0.717, 1.165) is 11.7 Å². The van der Waals surface area contributed by atoms with Crippen LogP contribution in [0.2, 0.25) is 5.02 Å². The van der Waals surface area contributed by atoms with Gasteiger partial charge in [0.25, 0.3) is 5.56 Å². The summed E-state index contributed by atoms with van der Waals surface area (Å²) in [6.45, 7) is -0.268. The molecule has 0 amide bonds. The van der Waals surface area contributed by atoms with E-state index in [1.165, 1.54) is 30.3 Å². The highest BCUT2D eigenvalue weighted by atomic mass is 79.9. The van der Waals surface area contributed by atoms with Crippen molar-refractivity contribution in [3.05, 3.63) is 73.2 Å². The molecule has 134 valence electrons. The number of halogens is 3. The highest BCUT2D eigenvalue weighted by molar-refractivity contribution is 9.10. The molecular weight excluding hydrogens is 429 g/mol. The van der Waals surface area contributed by atoms with Gasteiger partial charge in [0.05, 0.1) is 13.7 Å². The number of carbonyl (C=O) groups excluding carboxylic acids is 1. The summed E-state index contributed by atoms with van der Waals surface area (Å²) < 4.78 is 20.3. The molecule has 0 aliphatic rings. The van der Waals surface area contributed by atoms with Gasteiger partial charge in [0, 0.05) is 25.8 Å². The van der Waals surface area contributed by atoms with Gasteiger partial charge in [-0.05, 0) is 24.3 Å². The maximum atomic E-state index is 14.2. The van der Waals surface area contributed by atoms with E-state index in [9.17, 15) is 19.1 Å². The SMILES string of the molecule is COC(=O)c1c(O)n(Cc2ccc(Br)cc2F)c(=O)c2cc(Cl)ccc12. The summed E-state index contributed by atoms with van der Waals surface area (Å²) in [4.78, 5) is 25.0. The van der Waals surface area contributed by atoms with Crippen LogP contribution in [0.3, 0.4) is 0 Å². The van der Waals surface area contributed by atoms with Crippen LogP contribution >= 0.6 is 27.5 Å². The molecule has 1 N–H and O–H groups in total. The maximum Gasteiger partial charge on any atom is 0.343 e. The second-order valence-electron chi connectivity index (χ2n) is 5.51. The molecule has 0 spiro atoms. The number of hydrogen-bond donors (Lipinski definition) is 1. The van der Waals surface area contributed by atoms with Gasteiger partial charge in [0.1, 0.15) is 11.4 Å². The highest BCUT2D eigenvalue weighted by Crippen LogP contribution is 2.28. The number of aromatic hydroxyl groups is 1. The number of aromatic nitrogens is 1. The molecule has 8 heteroatoms. The van der Waals surface area contributed by atoms with Crippen molar-refractivity contribution in [2.75, 3.05) is 7.11 Å². The zero-order valence-electron chi connectivity index (χ0n) is 13.4. The van der Waals surface area contributed by atoms with Crippen molar-refractivity contribution >= 4 is 44.3 Å². The molecule has 5 nitrogen and oxygen atoms in total. The van der Waals surface area contributed by atoms with E-state index in [0.29, 0.717) is 4.47 Å². The fourth-order valence-corrected chi connectivity index (χ4v) is 3.18. The lowest BCUT2D eigenvalue weighted by Crippen LogP contribution is -2.24. The second kappa shape index (κ2) is 7.09. The van der Waals surface area contributed by atoms with Gasteiger partial charge in [0.15, 0.2) is 0 Å². The van der Waals surface area contributed by atoms with Crippen LogP contribution in [-0.4, -0.2) is 22.8 Å². The number of carbonyl (C=O) groups is 1. The first-order chi connectivity index (χ1) is 12.3. The van der Waals surface area contributed by atoms with Crippen LogP contribution in [0.25, 0.3) is 10.8 Å². The first-order valence-electron chi connectivity index (χ1n) is 7.40. The van der Waals surface area contributed by atoms with Gasteiger partial charge in [-0.3, -0.25) is 9.36 Å². The third-order valence-corrected chi connectivity index (χ3v) is 4.67. The molecule has 0 saturated heterocycles. The van der Waals surface area contributed by atoms with Gasteiger partial charge in [0.2, 0.25) is 5.88 Å². The van der Waals surface area contributed by atoms with Crippen molar-refractivity contribution in [3.8, 4) is 5.88 Å². The Morgan fingerprint density at radius 3 is 2.65 bits per heavy atom. The van der Waals surface area contributed by atoms with Gasteiger partial charge in [-0.15, -0.1) is 0 Å². The van der Waals surface area contributed by atoms with Gasteiger partial charge in [-0.1, -0.05) is 39.7 Å². The number of fused-ring (bicyclic) bond motifs is 1. The fraction of sp³-hybridized carbons (Fsp3) is 0.111. The van der Waals surface area contributed by atoms with Crippen LogP contribution in [0, 0.1) is 5.82 Å². The van der Waals surface area contributed by atoms with Crippen molar-refractivity contribution in [2.45, 2.75) is 6.54 Å². The summed E-state index contributed by atoms with van der Waals surface area (Å²) in [5.74, 6) is -1.98. The van der Waals surface area contributed by atoms with E-state index in [-0.39, 0.29) is 33.5 Å². The van der Waals surface area contributed by atoms with Crippen molar-refractivity contribution in [1.82, 2.24) is 4.57 Å². The molecular formula is C18H12BrClFNO4. The quantitative estimate of drug-likeness (QED) is 0.623. The highest BCUT2D eigenvalue weighted by Gasteiger charge is 2.23. The Balaban J connectivity index is 2.31. The average Bonchev–Trinajstić information content (AvgIpc) is 2.60. The molecule has 0 saturated carbocycles. The Labute approximate surface area is 160 Å². The van der Waals surface area contributed by atoms with Crippen molar-refractivity contribution in [3.63, 3.8) is 0 Å². The lowest BCUT2D eigenvalue weighted by Gasteiger charge is -2.15. The van der Waals surface area contributed by atoms with E-state index in [1.807, 2.05) is 0 Å². The number of nitrogens with zero attached hydrogens (tertiary/aromatic N) is 1. The molecule has 0 aliphatic carbocycles. The Morgan fingerprint density at radius 2 is 2.00 bits per heavy atom. The first-order valence-corrected chi connectivity index (χ1v) is 8.58.